The number of carbonyl (C=O) groups excluding carboxylic acids is 1. The summed E-state index contributed by atoms with van der Waals surface area (Å²) in [5.74, 6) is -0.312. The average Bonchev–Trinajstić information content (AvgIpc) is 2.74. The summed E-state index contributed by atoms with van der Waals surface area (Å²) in [5, 5.41) is 10.3. The summed E-state index contributed by atoms with van der Waals surface area (Å²) >= 11 is 1.04. The molecule has 2 rings (SSSR count). The van der Waals surface area contributed by atoms with Gasteiger partial charge < -0.3 is 11.1 Å². The first kappa shape index (κ1) is 10.4. The average molecular weight is 236 g/mol. The number of aromatic nitrogens is 4. The molecule has 2 heterocycles. The molecule has 0 fully saturated rings. The predicted molar refractivity (Wildman–Crippen MR) is 57.5 cm³/mol. The van der Waals surface area contributed by atoms with E-state index in [1.165, 1.54) is 6.33 Å². The van der Waals surface area contributed by atoms with E-state index in [1.54, 1.807) is 12.3 Å². The van der Waals surface area contributed by atoms with Crippen molar-refractivity contribution in [1.29, 1.82) is 0 Å². The van der Waals surface area contributed by atoms with Crippen molar-refractivity contribution in [2.24, 2.45) is 0 Å². The molecule has 0 radical (unpaired) electrons. The number of hydrogen-bond acceptors (Lipinski definition) is 7. The quantitative estimate of drug-likeness (QED) is 0.766. The summed E-state index contributed by atoms with van der Waals surface area (Å²) in [6.45, 7) is 0.320. The van der Waals surface area contributed by atoms with E-state index in [9.17, 15) is 4.79 Å². The van der Waals surface area contributed by atoms with Crippen LogP contribution in [0.25, 0.3) is 0 Å². The van der Waals surface area contributed by atoms with Crippen LogP contribution in [-0.4, -0.2) is 26.1 Å². The highest BCUT2D eigenvalue weighted by Crippen LogP contribution is 2.10. The first-order chi connectivity index (χ1) is 7.75. The third-order valence-electron chi connectivity index (χ3n) is 1.71. The molecule has 0 atom stereocenters. The molecule has 0 aromatic carbocycles. The lowest BCUT2D eigenvalue weighted by Crippen LogP contribution is -2.23. The van der Waals surface area contributed by atoms with Crippen LogP contribution in [0.4, 0.5) is 5.13 Å². The molecular weight excluding hydrogens is 228 g/mol. The van der Waals surface area contributed by atoms with Crippen LogP contribution in [0.2, 0.25) is 0 Å². The van der Waals surface area contributed by atoms with Crippen molar-refractivity contribution >= 4 is 22.4 Å². The topological polar surface area (TPSA) is 107 Å². The number of nitrogens with two attached hydrogens (primary N) is 1. The standard InChI is InChI=1S/C8H8N6OS/c9-8-14-13-7(16-8)6(15)11-3-5-1-2-10-4-12-5/h1-2,4H,3H2,(H2,9,14)(H,11,15). The number of nitrogens with one attached hydrogen (secondary N) is 1. The Bertz CT molecular complexity index is 484. The van der Waals surface area contributed by atoms with E-state index < -0.39 is 0 Å². The highest BCUT2D eigenvalue weighted by atomic mass is 32.1. The third kappa shape index (κ3) is 2.48. The molecule has 0 aliphatic rings. The van der Waals surface area contributed by atoms with Gasteiger partial charge in [-0.15, -0.1) is 10.2 Å². The van der Waals surface area contributed by atoms with Crippen LogP contribution in [-0.2, 0) is 6.54 Å². The minimum atomic E-state index is -0.312. The molecule has 0 saturated heterocycles. The van der Waals surface area contributed by atoms with Crippen LogP contribution >= 0.6 is 11.3 Å². The maximum absolute atomic E-state index is 11.5. The normalized spacial score (nSPS) is 10.0. The molecule has 2 aromatic heterocycles. The zero-order valence-corrected chi connectivity index (χ0v) is 8.94. The molecule has 0 aliphatic heterocycles. The summed E-state index contributed by atoms with van der Waals surface area (Å²) < 4.78 is 0. The zero-order valence-electron chi connectivity index (χ0n) is 8.12. The lowest BCUT2D eigenvalue weighted by Gasteiger charge is -2.00. The Hall–Kier alpha value is -2.09. The van der Waals surface area contributed by atoms with Gasteiger partial charge in [0, 0.05) is 6.20 Å². The van der Waals surface area contributed by atoms with Gasteiger partial charge >= 0.3 is 0 Å². The number of nitrogens with zero attached hydrogens (tertiary/aromatic N) is 4. The Morgan fingerprint density at radius 3 is 3.00 bits per heavy atom. The van der Waals surface area contributed by atoms with Gasteiger partial charge in [-0.05, 0) is 6.07 Å². The molecule has 16 heavy (non-hydrogen) atoms. The summed E-state index contributed by atoms with van der Waals surface area (Å²) in [6.07, 6.45) is 3.03. The van der Waals surface area contributed by atoms with Gasteiger partial charge in [0.05, 0.1) is 12.2 Å². The van der Waals surface area contributed by atoms with Crippen molar-refractivity contribution in [2.75, 3.05) is 5.73 Å². The fourth-order valence-electron chi connectivity index (χ4n) is 0.995. The minimum Gasteiger partial charge on any atom is -0.374 e. The van der Waals surface area contributed by atoms with E-state index in [0.29, 0.717) is 6.54 Å². The number of amides is 1. The van der Waals surface area contributed by atoms with Gasteiger partial charge in [-0.1, -0.05) is 11.3 Å². The molecule has 8 heteroatoms. The van der Waals surface area contributed by atoms with Crippen molar-refractivity contribution < 1.29 is 4.79 Å². The Morgan fingerprint density at radius 2 is 2.38 bits per heavy atom. The van der Waals surface area contributed by atoms with Crippen LogP contribution in [0.1, 0.15) is 15.5 Å². The third-order valence-corrected chi connectivity index (χ3v) is 2.46. The highest BCUT2D eigenvalue weighted by Gasteiger charge is 2.10. The molecule has 82 valence electrons. The predicted octanol–water partition coefficient (Wildman–Crippen LogP) is -0.160. The van der Waals surface area contributed by atoms with Gasteiger partial charge in [0.15, 0.2) is 0 Å². The van der Waals surface area contributed by atoms with Crippen molar-refractivity contribution in [3.8, 4) is 0 Å². The zero-order chi connectivity index (χ0) is 11.4. The summed E-state index contributed by atoms with van der Waals surface area (Å²) in [6, 6.07) is 1.72. The second-order valence-electron chi connectivity index (χ2n) is 2.83. The first-order valence-electron chi connectivity index (χ1n) is 4.38. The van der Waals surface area contributed by atoms with Crippen LogP contribution < -0.4 is 11.1 Å². The fourth-order valence-corrected chi connectivity index (χ4v) is 1.52. The SMILES string of the molecule is Nc1nnc(C(=O)NCc2ccncn2)s1. The van der Waals surface area contributed by atoms with E-state index in [1.807, 2.05) is 0 Å². The van der Waals surface area contributed by atoms with Gasteiger partial charge in [0.1, 0.15) is 6.33 Å². The second-order valence-corrected chi connectivity index (χ2v) is 3.84. The van der Waals surface area contributed by atoms with E-state index in [-0.39, 0.29) is 16.0 Å². The van der Waals surface area contributed by atoms with E-state index >= 15 is 0 Å². The molecule has 0 aliphatic carbocycles. The van der Waals surface area contributed by atoms with Crippen molar-refractivity contribution in [3.63, 3.8) is 0 Å². The maximum atomic E-state index is 11.5. The monoisotopic (exact) mass is 236 g/mol. The first-order valence-corrected chi connectivity index (χ1v) is 5.19. The smallest absolute Gasteiger partial charge is 0.282 e. The Balaban J connectivity index is 1.94. The number of hydrogen-bond donors (Lipinski definition) is 2. The highest BCUT2D eigenvalue weighted by molar-refractivity contribution is 7.16. The van der Waals surface area contributed by atoms with Crippen LogP contribution in [0, 0.1) is 0 Å². The van der Waals surface area contributed by atoms with Gasteiger partial charge in [-0.25, -0.2) is 9.97 Å². The molecule has 2 aromatic rings. The largest absolute Gasteiger partial charge is 0.374 e. The van der Waals surface area contributed by atoms with E-state index in [4.69, 9.17) is 5.73 Å². The lowest BCUT2D eigenvalue weighted by molar-refractivity contribution is 0.0949. The molecule has 0 bridgehead atoms. The fraction of sp³-hybridized carbons (Fsp3) is 0.125. The van der Waals surface area contributed by atoms with Crippen LogP contribution in [0.3, 0.4) is 0 Å². The van der Waals surface area contributed by atoms with Gasteiger partial charge in [0.2, 0.25) is 10.1 Å². The maximum Gasteiger partial charge on any atom is 0.282 e. The summed E-state index contributed by atoms with van der Waals surface area (Å²) in [4.78, 5) is 19.3. The van der Waals surface area contributed by atoms with Gasteiger partial charge in [-0.2, -0.15) is 0 Å². The molecule has 0 spiro atoms. The molecular formula is C8H8N6OS. The number of rotatable bonds is 3. The Kier molecular flexibility index (Phi) is 3.01. The number of anilines is 1. The molecule has 7 nitrogen and oxygen atoms in total. The van der Waals surface area contributed by atoms with Crippen LogP contribution in [0.15, 0.2) is 18.6 Å². The van der Waals surface area contributed by atoms with E-state index in [0.717, 1.165) is 17.0 Å². The second kappa shape index (κ2) is 4.62. The van der Waals surface area contributed by atoms with Crippen molar-refractivity contribution in [2.45, 2.75) is 6.54 Å². The van der Waals surface area contributed by atoms with Crippen LogP contribution in [0.5, 0.6) is 0 Å². The molecule has 0 unspecified atom stereocenters. The molecule has 0 saturated carbocycles. The molecule has 3 N–H and O–H groups in total. The minimum absolute atomic E-state index is 0.242. The Labute approximate surface area is 94.8 Å². The Morgan fingerprint density at radius 1 is 1.50 bits per heavy atom. The summed E-state index contributed by atoms with van der Waals surface area (Å²) in [5.41, 5.74) is 6.09. The van der Waals surface area contributed by atoms with Crippen molar-refractivity contribution in [1.82, 2.24) is 25.5 Å². The van der Waals surface area contributed by atoms with Gasteiger partial charge in [-0.3, -0.25) is 4.79 Å². The number of carbonyl (C=O) groups is 1. The van der Waals surface area contributed by atoms with E-state index in [2.05, 4.69) is 25.5 Å². The molecule has 1 amide bonds. The summed E-state index contributed by atoms with van der Waals surface area (Å²) in [7, 11) is 0. The lowest BCUT2D eigenvalue weighted by atomic mass is 10.4. The van der Waals surface area contributed by atoms with Crippen molar-refractivity contribution in [3.05, 3.63) is 29.3 Å². The van der Waals surface area contributed by atoms with Gasteiger partial charge in [0.25, 0.3) is 5.91 Å². The number of nitrogen functional groups attached to an aromatic ring is 1.